The summed E-state index contributed by atoms with van der Waals surface area (Å²) in [6.45, 7) is 4.29. The monoisotopic (exact) mass is 471 g/mol. The summed E-state index contributed by atoms with van der Waals surface area (Å²) in [5, 5.41) is 3.08. The number of carbonyl (C=O) groups is 2. The lowest BCUT2D eigenvalue weighted by molar-refractivity contribution is -0.116. The highest BCUT2D eigenvalue weighted by Crippen LogP contribution is 2.32. The lowest BCUT2D eigenvalue weighted by Gasteiger charge is -2.25. The number of nitrogens with one attached hydrogen (secondary N) is 1. The fourth-order valence-corrected chi connectivity index (χ4v) is 5.88. The summed E-state index contributed by atoms with van der Waals surface area (Å²) >= 11 is 1.43. The average Bonchev–Trinajstić information content (AvgIpc) is 3.43. The molecule has 0 saturated carbocycles. The van der Waals surface area contributed by atoms with E-state index in [4.69, 9.17) is 0 Å². The third-order valence-electron chi connectivity index (χ3n) is 6.66. The summed E-state index contributed by atoms with van der Waals surface area (Å²) in [6, 6.07) is 24.5. The van der Waals surface area contributed by atoms with E-state index in [1.165, 1.54) is 28.6 Å². The molecule has 5 rings (SSSR count). The number of hydrogen-bond donors (Lipinski definition) is 1. The quantitative estimate of drug-likeness (QED) is 0.514. The van der Waals surface area contributed by atoms with E-state index in [9.17, 15) is 9.59 Å². The van der Waals surface area contributed by atoms with E-state index in [1.807, 2.05) is 47.4 Å². The smallest absolute Gasteiger partial charge is 0.252 e. The molecule has 0 aliphatic carbocycles. The van der Waals surface area contributed by atoms with Crippen LogP contribution >= 0.6 is 11.8 Å². The fourth-order valence-electron chi connectivity index (χ4n) is 4.95. The second-order valence-electron chi connectivity index (χ2n) is 8.84. The van der Waals surface area contributed by atoms with Crippen LogP contribution in [0.25, 0.3) is 0 Å². The Hall–Kier alpha value is -3.25. The van der Waals surface area contributed by atoms with Crippen LogP contribution in [0.4, 0.5) is 11.4 Å². The molecule has 2 amide bonds. The predicted octanol–water partition coefficient (Wildman–Crippen LogP) is 4.55. The molecule has 2 aliphatic rings. The highest BCUT2D eigenvalue weighted by molar-refractivity contribution is 8.00. The van der Waals surface area contributed by atoms with Crippen LogP contribution in [0.5, 0.6) is 0 Å². The van der Waals surface area contributed by atoms with E-state index in [2.05, 4.69) is 47.5 Å². The van der Waals surface area contributed by atoms with Gasteiger partial charge in [-0.05, 0) is 55.2 Å². The van der Waals surface area contributed by atoms with Crippen molar-refractivity contribution in [2.24, 2.45) is 0 Å². The molecule has 1 atom stereocenters. The molecule has 3 aromatic rings. The number of benzene rings is 3. The van der Waals surface area contributed by atoms with E-state index >= 15 is 0 Å². The second kappa shape index (κ2) is 9.94. The van der Waals surface area contributed by atoms with Crippen LogP contribution in [-0.4, -0.2) is 43.2 Å². The third kappa shape index (κ3) is 4.55. The zero-order chi connectivity index (χ0) is 23.5. The number of amides is 2. The van der Waals surface area contributed by atoms with Gasteiger partial charge in [-0.2, -0.15) is 0 Å². The summed E-state index contributed by atoms with van der Waals surface area (Å²) in [5.41, 5.74) is 5.49. The first kappa shape index (κ1) is 22.5. The predicted molar refractivity (Wildman–Crippen MR) is 139 cm³/mol. The Balaban J connectivity index is 1.18. The van der Waals surface area contributed by atoms with Crippen molar-refractivity contribution in [3.05, 3.63) is 89.5 Å². The number of thioether (sulfide) groups is 1. The molecule has 0 aromatic heterocycles. The van der Waals surface area contributed by atoms with Crippen molar-refractivity contribution in [2.75, 3.05) is 35.2 Å². The number of hydrogen-bond acceptors (Lipinski definition) is 4. The number of carbonyl (C=O) groups excluding carboxylic acids is 2. The number of fused-ring (bicyclic) bond motifs is 2. The maximum absolute atomic E-state index is 13.0. The molecule has 3 aromatic carbocycles. The maximum Gasteiger partial charge on any atom is 0.252 e. The Morgan fingerprint density at radius 3 is 2.50 bits per heavy atom. The van der Waals surface area contributed by atoms with E-state index < -0.39 is 0 Å². The Morgan fingerprint density at radius 1 is 0.941 bits per heavy atom. The molecule has 0 saturated heterocycles. The first-order valence-electron chi connectivity index (χ1n) is 11.8. The Morgan fingerprint density at radius 2 is 1.65 bits per heavy atom. The largest absolute Gasteiger partial charge is 0.367 e. The minimum Gasteiger partial charge on any atom is -0.367 e. The van der Waals surface area contributed by atoms with Crippen LogP contribution in [0, 0.1) is 0 Å². The minimum absolute atomic E-state index is 0.0758. The molecule has 0 spiro atoms. The van der Waals surface area contributed by atoms with E-state index in [0.717, 1.165) is 36.5 Å². The van der Waals surface area contributed by atoms with E-state index in [0.29, 0.717) is 23.9 Å². The van der Waals surface area contributed by atoms with Gasteiger partial charge in [0.1, 0.15) is 0 Å². The lowest BCUT2D eigenvalue weighted by atomic mass is 10.1. The number of rotatable bonds is 7. The normalized spacial score (nSPS) is 16.3. The van der Waals surface area contributed by atoms with Gasteiger partial charge >= 0.3 is 0 Å². The Labute approximate surface area is 205 Å². The van der Waals surface area contributed by atoms with Gasteiger partial charge in [0.25, 0.3) is 5.91 Å². The van der Waals surface area contributed by atoms with Gasteiger partial charge in [0.15, 0.2) is 0 Å². The number of anilines is 2. The van der Waals surface area contributed by atoms with Crippen LogP contribution in [0.1, 0.15) is 28.4 Å². The molecule has 34 heavy (non-hydrogen) atoms. The number of nitrogens with zero attached hydrogens (tertiary/aromatic N) is 2. The molecule has 174 valence electrons. The zero-order valence-corrected chi connectivity index (χ0v) is 20.2. The molecule has 2 aliphatic heterocycles. The van der Waals surface area contributed by atoms with Crippen LogP contribution in [0.15, 0.2) is 77.7 Å². The number of para-hydroxylation sites is 2. The van der Waals surface area contributed by atoms with Crippen molar-refractivity contribution >= 4 is 35.0 Å². The highest BCUT2D eigenvalue weighted by Gasteiger charge is 2.26. The summed E-state index contributed by atoms with van der Waals surface area (Å²) in [6.07, 6.45) is 1.94. The van der Waals surface area contributed by atoms with Crippen molar-refractivity contribution in [1.82, 2.24) is 5.32 Å². The van der Waals surface area contributed by atoms with Gasteiger partial charge < -0.3 is 15.1 Å². The van der Waals surface area contributed by atoms with Crippen molar-refractivity contribution in [3.63, 3.8) is 0 Å². The van der Waals surface area contributed by atoms with Gasteiger partial charge in [0.05, 0.1) is 11.3 Å². The third-order valence-corrected chi connectivity index (χ3v) is 7.72. The molecular formula is C28H29N3O2S. The fraction of sp³-hybridized carbons (Fsp3) is 0.286. The molecule has 5 nitrogen and oxygen atoms in total. The molecule has 1 N–H and O–H groups in total. The molecular weight excluding hydrogens is 442 g/mol. The average molecular weight is 472 g/mol. The lowest BCUT2D eigenvalue weighted by Crippen LogP contribution is -2.38. The summed E-state index contributed by atoms with van der Waals surface area (Å²) in [7, 11) is 0. The molecule has 2 heterocycles. The van der Waals surface area contributed by atoms with Crippen LogP contribution in [0.3, 0.4) is 0 Å². The first-order chi connectivity index (χ1) is 16.6. The maximum atomic E-state index is 13.0. The first-order valence-corrected chi connectivity index (χ1v) is 12.8. The van der Waals surface area contributed by atoms with Crippen molar-refractivity contribution in [2.45, 2.75) is 30.7 Å². The standard InChI is InChI=1S/C28H29N3O2S/c1-20-18-22-9-3-6-12-25(22)30(20)17-15-29-28(33)23-10-4-7-13-26(23)34-19-27(32)31-16-14-21-8-2-5-11-24(21)31/h2-13,20H,14-19H2,1H3,(H,29,33). The highest BCUT2D eigenvalue weighted by atomic mass is 32.2. The topological polar surface area (TPSA) is 52.7 Å². The molecule has 6 heteroatoms. The molecule has 0 bridgehead atoms. The van der Waals surface area contributed by atoms with E-state index in [1.54, 1.807) is 0 Å². The van der Waals surface area contributed by atoms with E-state index in [-0.39, 0.29) is 11.8 Å². The Kier molecular flexibility index (Phi) is 6.59. The van der Waals surface area contributed by atoms with Gasteiger partial charge in [-0.1, -0.05) is 48.5 Å². The molecule has 0 fully saturated rings. The summed E-state index contributed by atoms with van der Waals surface area (Å²) < 4.78 is 0. The van der Waals surface area contributed by atoms with Crippen LogP contribution in [0.2, 0.25) is 0 Å². The Bertz CT molecular complexity index is 1210. The van der Waals surface area contributed by atoms with Crippen LogP contribution < -0.4 is 15.1 Å². The minimum atomic E-state index is -0.0952. The summed E-state index contributed by atoms with van der Waals surface area (Å²) in [4.78, 5) is 31.0. The van der Waals surface area contributed by atoms with Crippen molar-refractivity contribution in [3.8, 4) is 0 Å². The molecule has 1 unspecified atom stereocenters. The SMILES string of the molecule is CC1Cc2ccccc2N1CCNC(=O)c1ccccc1SCC(=O)N1CCc2ccccc21. The molecule has 0 radical (unpaired) electrons. The summed E-state index contributed by atoms with van der Waals surface area (Å²) in [5.74, 6) is 0.287. The van der Waals surface area contributed by atoms with Crippen LogP contribution in [-0.2, 0) is 17.6 Å². The van der Waals surface area contributed by atoms with Crippen molar-refractivity contribution in [1.29, 1.82) is 0 Å². The van der Waals surface area contributed by atoms with Gasteiger partial charge in [-0.3, -0.25) is 9.59 Å². The van der Waals surface area contributed by atoms with Gasteiger partial charge in [-0.15, -0.1) is 11.8 Å². The van der Waals surface area contributed by atoms with Gasteiger partial charge in [0, 0.05) is 41.9 Å². The van der Waals surface area contributed by atoms with Crippen molar-refractivity contribution < 1.29 is 9.59 Å². The second-order valence-corrected chi connectivity index (χ2v) is 9.86. The van der Waals surface area contributed by atoms with Gasteiger partial charge in [0.2, 0.25) is 5.91 Å². The zero-order valence-electron chi connectivity index (χ0n) is 19.4. The van der Waals surface area contributed by atoms with Gasteiger partial charge in [-0.25, -0.2) is 0 Å².